The van der Waals surface area contributed by atoms with Gasteiger partial charge in [-0.05, 0) is 50.2 Å². The SMILES string of the molecule is Cc1cc(/C=N\NC(=O)c2cccnc2)c(C)n1-c1ccc(Cl)c(C(F)(F)F)c1. The summed E-state index contributed by atoms with van der Waals surface area (Å²) < 4.78 is 41.2. The lowest BCUT2D eigenvalue weighted by molar-refractivity contribution is -0.137. The van der Waals surface area contributed by atoms with Crippen LogP contribution in [0.3, 0.4) is 0 Å². The second-order valence-electron chi connectivity index (χ2n) is 6.26. The van der Waals surface area contributed by atoms with Crippen molar-refractivity contribution >= 4 is 23.7 Å². The zero-order valence-corrected chi connectivity index (χ0v) is 16.2. The maximum absolute atomic E-state index is 13.2. The van der Waals surface area contributed by atoms with Gasteiger partial charge in [0.1, 0.15) is 0 Å². The van der Waals surface area contributed by atoms with Gasteiger partial charge in [0.05, 0.1) is 22.4 Å². The van der Waals surface area contributed by atoms with Crippen LogP contribution in [0.5, 0.6) is 0 Å². The number of carbonyl (C=O) groups is 1. The Labute approximate surface area is 169 Å². The predicted octanol–water partition coefficient (Wildman–Crippen LogP) is 4.93. The number of halogens is 4. The number of aromatic nitrogens is 2. The molecule has 1 aromatic carbocycles. The molecule has 2 aromatic heterocycles. The number of hydrazone groups is 1. The first-order valence-electron chi connectivity index (χ1n) is 8.48. The Kier molecular flexibility index (Phi) is 5.74. The van der Waals surface area contributed by atoms with E-state index in [-0.39, 0.29) is 5.02 Å². The van der Waals surface area contributed by atoms with Crippen LogP contribution >= 0.6 is 11.6 Å². The van der Waals surface area contributed by atoms with Crippen molar-refractivity contribution in [2.75, 3.05) is 0 Å². The minimum absolute atomic E-state index is 0.329. The number of nitrogens with one attached hydrogen (secondary N) is 1. The first kappa shape index (κ1) is 20.6. The van der Waals surface area contributed by atoms with E-state index in [1.54, 1.807) is 42.8 Å². The molecule has 0 saturated heterocycles. The first-order valence-corrected chi connectivity index (χ1v) is 8.86. The van der Waals surface area contributed by atoms with Crippen molar-refractivity contribution in [1.82, 2.24) is 15.0 Å². The number of carbonyl (C=O) groups excluding carboxylic acids is 1. The van der Waals surface area contributed by atoms with Gasteiger partial charge >= 0.3 is 6.18 Å². The molecule has 5 nitrogen and oxygen atoms in total. The van der Waals surface area contributed by atoms with E-state index in [1.165, 1.54) is 24.5 Å². The van der Waals surface area contributed by atoms with Crippen LogP contribution in [0.15, 0.2) is 53.9 Å². The summed E-state index contributed by atoms with van der Waals surface area (Å²) in [4.78, 5) is 15.8. The number of hydrogen-bond acceptors (Lipinski definition) is 3. The fraction of sp³-hybridized carbons (Fsp3) is 0.150. The second kappa shape index (κ2) is 8.08. The van der Waals surface area contributed by atoms with Crippen molar-refractivity contribution in [2.24, 2.45) is 5.10 Å². The minimum atomic E-state index is -4.55. The molecule has 29 heavy (non-hydrogen) atoms. The van der Waals surface area contributed by atoms with Crippen molar-refractivity contribution in [2.45, 2.75) is 20.0 Å². The quantitative estimate of drug-likeness (QED) is 0.481. The van der Waals surface area contributed by atoms with Crippen LogP contribution in [0.2, 0.25) is 5.02 Å². The summed E-state index contributed by atoms with van der Waals surface area (Å²) in [7, 11) is 0. The molecule has 0 aliphatic heterocycles. The Morgan fingerprint density at radius 2 is 2.00 bits per heavy atom. The first-order chi connectivity index (χ1) is 13.7. The van der Waals surface area contributed by atoms with E-state index < -0.39 is 17.6 Å². The van der Waals surface area contributed by atoms with Gasteiger partial charge in [0.2, 0.25) is 0 Å². The van der Waals surface area contributed by atoms with Crippen molar-refractivity contribution in [3.63, 3.8) is 0 Å². The number of rotatable bonds is 4. The van der Waals surface area contributed by atoms with Gasteiger partial charge in [-0.3, -0.25) is 9.78 Å². The highest BCUT2D eigenvalue weighted by molar-refractivity contribution is 6.31. The highest BCUT2D eigenvalue weighted by Crippen LogP contribution is 2.36. The monoisotopic (exact) mass is 420 g/mol. The van der Waals surface area contributed by atoms with Crippen LogP contribution in [-0.2, 0) is 6.18 Å². The van der Waals surface area contributed by atoms with Crippen molar-refractivity contribution in [3.8, 4) is 5.69 Å². The topological polar surface area (TPSA) is 59.3 Å². The third-order valence-corrected chi connectivity index (χ3v) is 4.61. The molecule has 0 bridgehead atoms. The Balaban J connectivity index is 1.87. The minimum Gasteiger partial charge on any atom is -0.318 e. The summed E-state index contributed by atoms with van der Waals surface area (Å²) >= 11 is 5.71. The van der Waals surface area contributed by atoms with E-state index in [0.717, 1.165) is 6.07 Å². The molecule has 0 spiro atoms. The fourth-order valence-electron chi connectivity index (χ4n) is 2.91. The lowest BCUT2D eigenvalue weighted by atomic mass is 10.2. The Morgan fingerprint density at radius 3 is 2.66 bits per heavy atom. The molecular weight excluding hydrogens is 405 g/mol. The average Bonchev–Trinajstić information content (AvgIpc) is 2.95. The predicted molar refractivity (Wildman–Crippen MR) is 105 cm³/mol. The van der Waals surface area contributed by atoms with Gasteiger partial charge in [0, 0.05) is 35.0 Å². The fourth-order valence-corrected chi connectivity index (χ4v) is 3.13. The van der Waals surface area contributed by atoms with Crippen LogP contribution in [0.4, 0.5) is 13.2 Å². The molecule has 0 unspecified atom stereocenters. The molecule has 0 atom stereocenters. The molecule has 150 valence electrons. The summed E-state index contributed by atoms with van der Waals surface area (Å²) in [5, 5.41) is 3.57. The Bertz CT molecular complexity index is 1080. The van der Waals surface area contributed by atoms with E-state index in [1.807, 2.05) is 0 Å². The van der Waals surface area contributed by atoms with E-state index in [0.29, 0.717) is 28.2 Å². The second-order valence-corrected chi connectivity index (χ2v) is 6.67. The Hall–Kier alpha value is -3.13. The maximum Gasteiger partial charge on any atom is 0.417 e. The highest BCUT2D eigenvalue weighted by Gasteiger charge is 2.33. The highest BCUT2D eigenvalue weighted by atomic mass is 35.5. The number of benzene rings is 1. The van der Waals surface area contributed by atoms with E-state index in [4.69, 9.17) is 11.6 Å². The standard InChI is InChI=1S/C20H16ClF3N4O/c1-12-8-15(11-26-27-19(29)14-4-3-7-25-10-14)13(2)28(12)16-5-6-18(21)17(9-16)20(22,23)24/h3-11H,1-2H3,(H,27,29)/b26-11-. The molecule has 2 heterocycles. The van der Waals surface area contributed by atoms with Gasteiger partial charge in [-0.2, -0.15) is 18.3 Å². The molecule has 3 rings (SSSR count). The van der Waals surface area contributed by atoms with Gasteiger partial charge in [-0.1, -0.05) is 11.6 Å². The maximum atomic E-state index is 13.2. The number of alkyl halides is 3. The van der Waals surface area contributed by atoms with Gasteiger partial charge in [-0.25, -0.2) is 5.43 Å². The van der Waals surface area contributed by atoms with Crippen LogP contribution in [0.25, 0.3) is 5.69 Å². The smallest absolute Gasteiger partial charge is 0.318 e. The van der Waals surface area contributed by atoms with E-state index in [9.17, 15) is 18.0 Å². The summed E-state index contributed by atoms with van der Waals surface area (Å²) in [6.45, 7) is 3.51. The zero-order chi connectivity index (χ0) is 21.2. The number of amides is 1. The van der Waals surface area contributed by atoms with Crippen LogP contribution in [0.1, 0.15) is 32.9 Å². The number of aryl methyl sites for hydroxylation is 1. The zero-order valence-electron chi connectivity index (χ0n) is 15.5. The molecule has 0 radical (unpaired) electrons. The van der Waals surface area contributed by atoms with Gasteiger partial charge < -0.3 is 4.57 Å². The number of nitrogens with zero attached hydrogens (tertiary/aromatic N) is 3. The Morgan fingerprint density at radius 1 is 1.24 bits per heavy atom. The summed E-state index contributed by atoms with van der Waals surface area (Å²) in [5.74, 6) is -0.421. The van der Waals surface area contributed by atoms with E-state index >= 15 is 0 Å². The third kappa shape index (κ3) is 4.48. The molecule has 1 amide bonds. The van der Waals surface area contributed by atoms with Crippen molar-refractivity contribution < 1.29 is 18.0 Å². The van der Waals surface area contributed by atoms with Gasteiger partial charge in [0.15, 0.2) is 0 Å². The molecule has 0 aliphatic rings. The van der Waals surface area contributed by atoms with Gasteiger partial charge in [-0.15, -0.1) is 0 Å². The van der Waals surface area contributed by atoms with Crippen molar-refractivity contribution in [3.05, 3.63) is 81.9 Å². The summed E-state index contributed by atoms with van der Waals surface area (Å²) in [5.41, 5.74) is 4.20. The van der Waals surface area contributed by atoms with Crippen LogP contribution in [0, 0.1) is 13.8 Å². The number of pyridine rings is 1. The molecule has 0 fully saturated rings. The third-order valence-electron chi connectivity index (χ3n) is 4.28. The normalized spacial score (nSPS) is 11.8. The van der Waals surface area contributed by atoms with Crippen LogP contribution in [-0.4, -0.2) is 21.7 Å². The molecule has 1 N–H and O–H groups in total. The van der Waals surface area contributed by atoms with Gasteiger partial charge in [0.25, 0.3) is 5.91 Å². The summed E-state index contributed by atoms with van der Waals surface area (Å²) in [6, 6.07) is 8.74. The summed E-state index contributed by atoms with van der Waals surface area (Å²) in [6.07, 6.45) is -0.151. The number of hydrogen-bond donors (Lipinski definition) is 1. The van der Waals surface area contributed by atoms with Crippen molar-refractivity contribution in [1.29, 1.82) is 0 Å². The molecule has 0 aliphatic carbocycles. The van der Waals surface area contributed by atoms with E-state index in [2.05, 4.69) is 15.5 Å². The molecular formula is C20H16ClF3N4O. The molecule has 3 aromatic rings. The molecule has 0 saturated carbocycles. The lowest BCUT2D eigenvalue weighted by Crippen LogP contribution is -2.17. The molecule has 9 heteroatoms. The average molecular weight is 421 g/mol. The lowest BCUT2D eigenvalue weighted by Gasteiger charge is -2.14. The van der Waals surface area contributed by atoms with Crippen LogP contribution < -0.4 is 5.43 Å². The largest absolute Gasteiger partial charge is 0.417 e.